The zero-order chi connectivity index (χ0) is 17.6. The molecule has 132 valence electrons. The minimum Gasteiger partial charge on any atom is -0.467 e. The summed E-state index contributed by atoms with van der Waals surface area (Å²) in [7, 11) is 0. The van der Waals surface area contributed by atoms with Gasteiger partial charge in [-0.1, -0.05) is 18.7 Å². The summed E-state index contributed by atoms with van der Waals surface area (Å²) >= 11 is 3.25. The first-order valence-electron chi connectivity index (χ1n) is 7.94. The van der Waals surface area contributed by atoms with Crippen molar-refractivity contribution in [3.8, 4) is 0 Å². The van der Waals surface area contributed by atoms with Crippen molar-refractivity contribution in [2.45, 2.75) is 43.6 Å². The number of nitrogens with zero attached hydrogens (tertiary/aromatic N) is 4. The molecule has 0 aliphatic carbocycles. The smallest absolute Gasteiger partial charge is 0.217 e. The van der Waals surface area contributed by atoms with E-state index in [1.54, 1.807) is 29.4 Å². The lowest BCUT2D eigenvalue weighted by molar-refractivity contribution is -0.118. The Labute approximate surface area is 153 Å². The third kappa shape index (κ3) is 4.70. The molecule has 1 amide bonds. The molecule has 7 nitrogen and oxygen atoms in total. The van der Waals surface area contributed by atoms with E-state index in [4.69, 9.17) is 10.2 Å². The number of thioether (sulfide) groups is 1. The third-order valence-corrected chi connectivity index (χ3v) is 5.58. The summed E-state index contributed by atoms with van der Waals surface area (Å²) in [5.74, 6) is 1.91. The summed E-state index contributed by atoms with van der Waals surface area (Å²) in [5.41, 5.74) is 6.30. The van der Waals surface area contributed by atoms with E-state index in [1.165, 1.54) is 0 Å². The quantitative estimate of drug-likeness (QED) is 0.576. The van der Waals surface area contributed by atoms with Crippen molar-refractivity contribution in [1.82, 2.24) is 19.7 Å². The molecule has 3 rings (SSSR count). The van der Waals surface area contributed by atoms with Crippen LogP contribution in [0.15, 0.2) is 33.3 Å². The Hall–Kier alpha value is -2.13. The predicted molar refractivity (Wildman–Crippen MR) is 96.4 cm³/mol. The highest BCUT2D eigenvalue weighted by atomic mass is 32.2. The minimum absolute atomic E-state index is 0.243. The average molecular weight is 377 g/mol. The topological polar surface area (TPSA) is 99.8 Å². The van der Waals surface area contributed by atoms with E-state index in [9.17, 15) is 4.79 Å². The molecule has 0 unspecified atom stereocenters. The zero-order valence-corrected chi connectivity index (χ0v) is 15.5. The molecule has 0 saturated carbocycles. The van der Waals surface area contributed by atoms with Crippen LogP contribution in [-0.2, 0) is 29.9 Å². The highest BCUT2D eigenvalue weighted by Crippen LogP contribution is 2.24. The van der Waals surface area contributed by atoms with Crippen LogP contribution in [-0.4, -0.2) is 25.7 Å². The molecule has 0 aliphatic rings. The molecule has 0 fully saturated rings. The van der Waals surface area contributed by atoms with Crippen molar-refractivity contribution in [2.75, 3.05) is 0 Å². The van der Waals surface area contributed by atoms with Crippen LogP contribution in [0.1, 0.15) is 35.6 Å². The van der Waals surface area contributed by atoms with E-state index < -0.39 is 0 Å². The van der Waals surface area contributed by atoms with Gasteiger partial charge >= 0.3 is 0 Å². The van der Waals surface area contributed by atoms with E-state index in [1.807, 2.05) is 16.7 Å². The van der Waals surface area contributed by atoms with Gasteiger partial charge in [-0.05, 0) is 18.6 Å². The molecule has 3 aromatic heterocycles. The number of hydrogen-bond acceptors (Lipinski definition) is 7. The fourth-order valence-electron chi connectivity index (χ4n) is 2.28. The number of aryl methyl sites for hydroxylation is 2. The second kappa shape index (κ2) is 8.30. The maximum Gasteiger partial charge on any atom is 0.217 e. The van der Waals surface area contributed by atoms with Crippen molar-refractivity contribution < 1.29 is 9.21 Å². The number of nitrogens with two attached hydrogens (primary N) is 1. The van der Waals surface area contributed by atoms with E-state index in [-0.39, 0.29) is 12.3 Å². The lowest BCUT2D eigenvalue weighted by atomic mass is 10.3. The summed E-state index contributed by atoms with van der Waals surface area (Å²) in [6.45, 7) is 2.62. The Morgan fingerprint density at radius 2 is 2.32 bits per heavy atom. The number of rotatable bonds is 9. The largest absolute Gasteiger partial charge is 0.467 e. The Morgan fingerprint density at radius 1 is 1.44 bits per heavy atom. The minimum atomic E-state index is -0.351. The molecule has 0 bridgehead atoms. The van der Waals surface area contributed by atoms with Crippen LogP contribution in [0.25, 0.3) is 0 Å². The lowest BCUT2D eigenvalue weighted by Crippen LogP contribution is -2.14. The average Bonchev–Trinajstić information content (AvgIpc) is 3.33. The number of primary amides is 1. The summed E-state index contributed by atoms with van der Waals surface area (Å²) in [6.07, 6.45) is 3.28. The Morgan fingerprint density at radius 3 is 3.00 bits per heavy atom. The zero-order valence-electron chi connectivity index (χ0n) is 13.8. The van der Waals surface area contributed by atoms with Crippen molar-refractivity contribution in [3.63, 3.8) is 0 Å². The van der Waals surface area contributed by atoms with Gasteiger partial charge in [-0.2, -0.15) is 0 Å². The summed E-state index contributed by atoms with van der Waals surface area (Å²) in [6, 6.07) is 3.75. The van der Waals surface area contributed by atoms with Crippen LogP contribution >= 0.6 is 23.1 Å². The number of furan rings is 1. The van der Waals surface area contributed by atoms with Gasteiger partial charge in [0.1, 0.15) is 11.6 Å². The fraction of sp³-hybridized carbons (Fsp3) is 0.375. The number of amides is 1. The van der Waals surface area contributed by atoms with Gasteiger partial charge in [0.25, 0.3) is 0 Å². The molecule has 3 heterocycles. The maximum atomic E-state index is 11.1. The Bertz CT molecular complexity index is 826. The van der Waals surface area contributed by atoms with E-state index in [2.05, 4.69) is 27.5 Å². The van der Waals surface area contributed by atoms with Crippen molar-refractivity contribution in [2.24, 2.45) is 5.73 Å². The molecule has 3 aromatic rings. The molecule has 2 N–H and O–H groups in total. The van der Waals surface area contributed by atoms with Gasteiger partial charge in [0, 0.05) is 24.0 Å². The first-order chi connectivity index (χ1) is 12.2. The maximum absolute atomic E-state index is 11.1. The Kier molecular flexibility index (Phi) is 5.87. The first kappa shape index (κ1) is 17.7. The van der Waals surface area contributed by atoms with Crippen molar-refractivity contribution >= 4 is 29.0 Å². The number of aromatic nitrogens is 4. The van der Waals surface area contributed by atoms with Crippen LogP contribution < -0.4 is 5.73 Å². The first-order valence-corrected chi connectivity index (χ1v) is 9.81. The molecule has 25 heavy (non-hydrogen) atoms. The van der Waals surface area contributed by atoms with E-state index in [0.717, 1.165) is 39.6 Å². The van der Waals surface area contributed by atoms with Gasteiger partial charge in [0.05, 0.1) is 23.5 Å². The van der Waals surface area contributed by atoms with Crippen molar-refractivity contribution in [1.29, 1.82) is 0 Å². The summed E-state index contributed by atoms with van der Waals surface area (Å²) in [4.78, 5) is 15.7. The van der Waals surface area contributed by atoms with Gasteiger partial charge in [-0.25, -0.2) is 4.98 Å². The van der Waals surface area contributed by atoms with Crippen molar-refractivity contribution in [3.05, 3.63) is 46.1 Å². The Balaban J connectivity index is 1.75. The number of hydrogen-bond donors (Lipinski definition) is 1. The molecule has 0 aliphatic heterocycles. The molecule has 0 saturated heterocycles. The van der Waals surface area contributed by atoms with Gasteiger partial charge < -0.3 is 10.2 Å². The molecular formula is C16H19N5O2S2. The van der Waals surface area contributed by atoms with Gasteiger partial charge in [0.2, 0.25) is 5.91 Å². The summed E-state index contributed by atoms with van der Waals surface area (Å²) < 4.78 is 7.41. The molecule has 0 atom stereocenters. The predicted octanol–water partition coefficient (Wildman–Crippen LogP) is 2.65. The monoisotopic (exact) mass is 377 g/mol. The van der Waals surface area contributed by atoms with Gasteiger partial charge in [-0.15, -0.1) is 21.5 Å². The fourth-order valence-corrected chi connectivity index (χ4v) is 3.98. The van der Waals surface area contributed by atoms with E-state index >= 15 is 0 Å². The normalized spacial score (nSPS) is 11.1. The van der Waals surface area contributed by atoms with Crippen LogP contribution in [0.4, 0.5) is 0 Å². The van der Waals surface area contributed by atoms with Gasteiger partial charge in [0.15, 0.2) is 5.16 Å². The highest BCUT2D eigenvalue weighted by Gasteiger charge is 2.15. The van der Waals surface area contributed by atoms with Crippen LogP contribution in [0, 0.1) is 0 Å². The standard InChI is InChI=1S/C16H19N5O2S2/c1-2-15-18-11(9-24-15)10-25-16-20-19-14(6-5-13(17)22)21(16)8-12-4-3-7-23-12/h3-4,7,9H,2,5-6,8,10H2,1H3,(H2,17,22). The SMILES string of the molecule is CCc1nc(CSc2nnc(CCC(N)=O)n2Cc2ccco2)cs1. The lowest BCUT2D eigenvalue weighted by Gasteiger charge is -2.07. The molecule has 9 heteroatoms. The van der Waals surface area contributed by atoms with Crippen LogP contribution in [0.5, 0.6) is 0 Å². The number of thiazole rings is 1. The number of carbonyl (C=O) groups excluding carboxylic acids is 1. The van der Waals surface area contributed by atoms with Crippen LogP contribution in [0.2, 0.25) is 0 Å². The molecule has 0 aromatic carbocycles. The third-order valence-electron chi connectivity index (χ3n) is 3.53. The van der Waals surface area contributed by atoms with E-state index in [0.29, 0.717) is 13.0 Å². The van der Waals surface area contributed by atoms with Gasteiger partial charge in [-0.3, -0.25) is 9.36 Å². The van der Waals surface area contributed by atoms with Crippen LogP contribution in [0.3, 0.4) is 0 Å². The molecule has 0 radical (unpaired) electrons. The highest BCUT2D eigenvalue weighted by molar-refractivity contribution is 7.98. The second-order valence-electron chi connectivity index (χ2n) is 5.41. The number of carbonyl (C=O) groups is 1. The molecular weight excluding hydrogens is 358 g/mol. The molecule has 0 spiro atoms. The second-order valence-corrected chi connectivity index (χ2v) is 7.29. The summed E-state index contributed by atoms with van der Waals surface area (Å²) in [5, 5.41) is 12.5.